The number of aromatic nitrogens is 2. The van der Waals surface area contributed by atoms with Crippen molar-refractivity contribution in [1.29, 1.82) is 0 Å². The van der Waals surface area contributed by atoms with E-state index in [1.54, 1.807) is 18.0 Å². The highest BCUT2D eigenvalue weighted by atomic mass is 32.2. The fraction of sp³-hybridized carbons (Fsp3) is 0.333. The van der Waals surface area contributed by atoms with Gasteiger partial charge in [0, 0.05) is 37.3 Å². The van der Waals surface area contributed by atoms with Crippen LogP contribution in [-0.4, -0.2) is 22.0 Å². The first kappa shape index (κ1) is 14.7. The van der Waals surface area contributed by atoms with Gasteiger partial charge >= 0.3 is 0 Å². The molecule has 0 radical (unpaired) electrons. The molecule has 0 saturated carbocycles. The number of aryl methyl sites for hydroxylation is 1. The fourth-order valence-corrected chi connectivity index (χ4v) is 2.62. The van der Waals surface area contributed by atoms with E-state index in [1.807, 2.05) is 49.0 Å². The monoisotopic (exact) mass is 289 g/mol. The lowest BCUT2D eigenvalue weighted by atomic mass is 10.1. The summed E-state index contributed by atoms with van der Waals surface area (Å²) in [5.41, 5.74) is 1.90. The van der Waals surface area contributed by atoms with Gasteiger partial charge in [0.25, 0.3) is 5.91 Å². The van der Waals surface area contributed by atoms with Gasteiger partial charge in [-0.2, -0.15) is 0 Å². The summed E-state index contributed by atoms with van der Waals surface area (Å²) in [4.78, 5) is 16.0. The summed E-state index contributed by atoms with van der Waals surface area (Å²) in [6.45, 7) is 2.76. The average Bonchev–Trinajstić information content (AvgIpc) is 2.88. The number of rotatable bonds is 6. The molecule has 0 atom stereocenters. The molecule has 2 aromatic rings. The molecular formula is C15H19N3OS. The number of nitrogens with zero attached hydrogens (tertiary/aromatic N) is 2. The van der Waals surface area contributed by atoms with Crippen molar-refractivity contribution < 1.29 is 4.79 Å². The Balaban J connectivity index is 1.91. The second-order valence-corrected chi connectivity index (χ2v) is 5.50. The van der Waals surface area contributed by atoms with E-state index in [9.17, 15) is 4.79 Å². The van der Waals surface area contributed by atoms with Gasteiger partial charge in [-0.1, -0.05) is 30.8 Å². The topological polar surface area (TPSA) is 46.9 Å². The smallest absolute Gasteiger partial charge is 0.251 e. The Bertz CT molecular complexity index is 563. The van der Waals surface area contributed by atoms with Crippen molar-refractivity contribution in [3.05, 3.63) is 47.8 Å². The van der Waals surface area contributed by atoms with Gasteiger partial charge in [-0.25, -0.2) is 4.98 Å². The predicted octanol–water partition coefficient (Wildman–Crippen LogP) is 2.85. The Hall–Kier alpha value is -1.75. The number of thioether (sulfide) groups is 1. The third kappa shape index (κ3) is 3.87. The quantitative estimate of drug-likeness (QED) is 0.832. The van der Waals surface area contributed by atoms with E-state index in [1.165, 1.54) is 5.56 Å². The van der Waals surface area contributed by atoms with Crippen LogP contribution in [0, 0.1) is 0 Å². The Morgan fingerprint density at radius 2 is 2.10 bits per heavy atom. The lowest BCUT2D eigenvalue weighted by Crippen LogP contribution is -2.23. The standard InChI is InChI=1S/C15H19N3OS/c1-3-8-16-14(19)13-6-4-12(5-7-13)11-20-15-17-9-10-18(15)2/h4-7,9-10H,3,8,11H2,1-2H3,(H,16,19). The van der Waals surface area contributed by atoms with E-state index >= 15 is 0 Å². The molecule has 5 heteroatoms. The van der Waals surface area contributed by atoms with Crippen molar-refractivity contribution in [2.45, 2.75) is 24.3 Å². The maximum Gasteiger partial charge on any atom is 0.251 e. The minimum atomic E-state index is -0.00449. The molecule has 1 N–H and O–H groups in total. The van der Waals surface area contributed by atoms with Crippen LogP contribution in [0.1, 0.15) is 29.3 Å². The van der Waals surface area contributed by atoms with Crippen molar-refractivity contribution >= 4 is 17.7 Å². The molecular weight excluding hydrogens is 270 g/mol. The molecule has 0 saturated heterocycles. The van der Waals surface area contributed by atoms with Crippen LogP contribution >= 0.6 is 11.8 Å². The molecule has 0 aliphatic carbocycles. The number of benzene rings is 1. The molecule has 0 unspecified atom stereocenters. The molecule has 0 spiro atoms. The van der Waals surface area contributed by atoms with Crippen LogP contribution < -0.4 is 5.32 Å². The maximum atomic E-state index is 11.8. The van der Waals surface area contributed by atoms with Crippen LogP contribution in [0.2, 0.25) is 0 Å². The zero-order valence-corrected chi connectivity index (χ0v) is 12.6. The summed E-state index contributed by atoms with van der Waals surface area (Å²) in [5, 5.41) is 3.87. The molecule has 106 valence electrons. The second-order valence-electron chi connectivity index (χ2n) is 4.56. The van der Waals surface area contributed by atoms with Crippen molar-refractivity contribution in [3.8, 4) is 0 Å². The number of carbonyl (C=O) groups excluding carboxylic acids is 1. The van der Waals surface area contributed by atoms with Crippen LogP contribution in [0.5, 0.6) is 0 Å². The van der Waals surface area contributed by atoms with Gasteiger partial charge in [-0.05, 0) is 24.1 Å². The van der Waals surface area contributed by atoms with Crippen molar-refractivity contribution in [2.75, 3.05) is 6.54 Å². The highest BCUT2D eigenvalue weighted by molar-refractivity contribution is 7.98. The summed E-state index contributed by atoms with van der Waals surface area (Å²) < 4.78 is 2.00. The first-order valence-electron chi connectivity index (χ1n) is 6.68. The molecule has 4 nitrogen and oxygen atoms in total. The predicted molar refractivity (Wildman–Crippen MR) is 81.8 cm³/mol. The molecule has 0 aliphatic heterocycles. The normalized spacial score (nSPS) is 10.5. The molecule has 2 rings (SSSR count). The van der Waals surface area contributed by atoms with E-state index in [0.717, 1.165) is 23.9 Å². The highest BCUT2D eigenvalue weighted by Crippen LogP contribution is 2.20. The number of nitrogens with one attached hydrogen (secondary N) is 1. The van der Waals surface area contributed by atoms with E-state index in [-0.39, 0.29) is 5.91 Å². The minimum absolute atomic E-state index is 0.00449. The lowest BCUT2D eigenvalue weighted by molar-refractivity contribution is 0.0953. The number of amides is 1. The van der Waals surface area contributed by atoms with Gasteiger partial charge in [0.1, 0.15) is 0 Å². The third-order valence-electron chi connectivity index (χ3n) is 2.90. The zero-order valence-electron chi connectivity index (χ0n) is 11.8. The highest BCUT2D eigenvalue weighted by Gasteiger charge is 2.05. The summed E-state index contributed by atoms with van der Waals surface area (Å²) in [6.07, 6.45) is 4.68. The Labute approximate surface area is 123 Å². The van der Waals surface area contributed by atoms with Crippen LogP contribution in [0.15, 0.2) is 41.8 Å². The summed E-state index contributed by atoms with van der Waals surface area (Å²) in [5.74, 6) is 0.844. The SMILES string of the molecule is CCCNC(=O)c1ccc(CSc2nccn2C)cc1. The second kappa shape index (κ2) is 7.14. The average molecular weight is 289 g/mol. The molecule has 1 heterocycles. The van der Waals surface area contributed by atoms with E-state index in [4.69, 9.17) is 0 Å². The van der Waals surface area contributed by atoms with Crippen molar-refractivity contribution in [2.24, 2.45) is 7.05 Å². The molecule has 1 aromatic heterocycles. The summed E-state index contributed by atoms with van der Waals surface area (Å²) >= 11 is 1.69. The van der Waals surface area contributed by atoms with Gasteiger partial charge in [0.2, 0.25) is 0 Å². The first-order chi connectivity index (χ1) is 9.70. The van der Waals surface area contributed by atoms with Gasteiger partial charge in [0.15, 0.2) is 5.16 Å². The lowest BCUT2D eigenvalue weighted by Gasteiger charge is -2.05. The van der Waals surface area contributed by atoms with Crippen molar-refractivity contribution in [1.82, 2.24) is 14.9 Å². The van der Waals surface area contributed by atoms with E-state index in [0.29, 0.717) is 5.56 Å². The molecule has 0 aliphatic rings. The van der Waals surface area contributed by atoms with Crippen LogP contribution in [0.25, 0.3) is 0 Å². The van der Waals surface area contributed by atoms with E-state index in [2.05, 4.69) is 10.3 Å². The Morgan fingerprint density at radius 3 is 2.70 bits per heavy atom. The molecule has 1 aromatic carbocycles. The minimum Gasteiger partial charge on any atom is -0.352 e. The van der Waals surface area contributed by atoms with Crippen LogP contribution in [0.3, 0.4) is 0 Å². The molecule has 20 heavy (non-hydrogen) atoms. The molecule has 1 amide bonds. The van der Waals surface area contributed by atoms with Crippen LogP contribution in [0.4, 0.5) is 0 Å². The van der Waals surface area contributed by atoms with Gasteiger partial charge in [-0.3, -0.25) is 4.79 Å². The fourth-order valence-electron chi connectivity index (χ4n) is 1.73. The summed E-state index contributed by atoms with van der Waals surface area (Å²) in [6, 6.07) is 7.74. The Kier molecular flexibility index (Phi) is 5.24. The maximum absolute atomic E-state index is 11.8. The summed E-state index contributed by atoms with van der Waals surface area (Å²) in [7, 11) is 1.98. The molecule has 0 fully saturated rings. The largest absolute Gasteiger partial charge is 0.352 e. The zero-order chi connectivity index (χ0) is 14.4. The van der Waals surface area contributed by atoms with Gasteiger partial charge in [0.05, 0.1) is 0 Å². The van der Waals surface area contributed by atoms with Crippen LogP contribution in [-0.2, 0) is 12.8 Å². The van der Waals surface area contributed by atoms with Gasteiger partial charge in [-0.15, -0.1) is 0 Å². The third-order valence-corrected chi connectivity index (χ3v) is 4.03. The van der Waals surface area contributed by atoms with Crippen molar-refractivity contribution in [3.63, 3.8) is 0 Å². The Morgan fingerprint density at radius 1 is 1.35 bits per heavy atom. The number of carbonyl (C=O) groups is 1. The number of hydrogen-bond acceptors (Lipinski definition) is 3. The first-order valence-corrected chi connectivity index (χ1v) is 7.66. The molecule has 0 bridgehead atoms. The number of hydrogen-bond donors (Lipinski definition) is 1. The van der Waals surface area contributed by atoms with Gasteiger partial charge < -0.3 is 9.88 Å². The van der Waals surface area contributed by atoms with E-state index < -0.39 is 0 Å². The number of imidazole rings is 1.